The number of nitrogens with zero attached hydrogens (tertiary/aromatic N) is 1. The smallest absolute Gasteiger partial charge is 0.413 e. The Balaban J connectivity index is 1.39. The lowest BCUT2D eigenvalue weighted by Gasteiger charge is -2.55. The first kappa shape index (κ1) is 13.6. The highest BCUT2D eigenvalue weighted by atomic mass is 79.9. The van der Waals surface area contributed by atoms with Crippen molar-refractivity contribution in [2.75, 3.05) is 18.4 Å². The fourth-order valence-electron chi connectivity index (χ4n) is 4.35. The van der Waals surface area contributed by atoms with E-state index in [1.165, 1.54) is 19.3 Å². The third-order valence-corrected chi connectivity index (χ3v) is 5.53. The minimum absolute atomic E-state index is 0.0201. The Labute approximate surface area is 133 Å². The van der Waals surface area contributed by atoms with E-state index in [9.17, 15) is 4.79 Å². The SMILES string of the molecule is O=C(Nc1ccc(Br)cc1)O[C@H]1C2C[C@@H]3C[C@@H](C2)CN1C3. The number of carbonyl (C=O) groups is 1. The third kappa shape index (κ3) is 2.69. The summed E-state index contributed by atoms with van der Waals surface area (Å²) in [6, 6.07) is 7.54. The van der Waals surface area contributed by atoms with Gasteiger partial charge in [0.15, 0.2) is 6.23 Å². The van der Waals surface area contributed by atoms with Gasteiger partial charge >= 0.3 is 6.09 Å². The van der Waals surface area contributed by atoms with Crippen molar-refractivity contribution >= 4 is 27.7 Å². The largest absolute Gasteiger partial charge is 0.430 e. The van der Waals surface area contributed by atoms with Crippen LogP contribution in [0.2, 0.25) is 0 Å². The molecule has 5 rings (SSSR count). The number of hydrogen-bond donors (Lipinski definition) is 1. The number of benzene rings is 1. The molecule has 1 saturated carbocycles. The van der Waals surface area contributed by atoms with E-state index in [1.54, 1.807) is 0 Å². The average Bonchev–Trinajstić information content (AvgIpc) is 2.45. The van der Waals surface area contributed by atoms with Crippen LogP contribution in [0.1, 0.15) is 19.3 Å². The number of rotatable bonds is 2. The van der Waals surface area contributed by atoms with E-state index < -0.39 is 0 Å². The molecular formula is C16H19BrN2O2. The summed E-state index contributed by atoms with van der Waals surface area (Å²) in [7, 11) is 0. The van der Waals surface area contributed by atoms with Gasteiger partial charge in [-0.2, -0.15) is 0 Å². The van der Waals surface area contributed by atoms with Crippen molar-refractivity contribution in [1.29, 1.82) is 0 Å². The molecule has 3 aliphatic heterocycles. The summed E-state index contributed by atoms with van der Waals surface area (Å²) in [5, 5.41) is 2.82. The maximum Gasteiger partial charge on any atom is 0.413 e. The number of amides is 1. The molecule has 4 bridgehead atoms. The van der Waals surface area contributed by atoms with E-state index in [4.69, 9.17) is 4.74 Å². The van der Waals surface area contributed by atoms with Gasteiger partial charge in [0, 0.05) is 29.2 Å². The van der Waals surface area contributed by atoms with Crippen molar-refractivity contribution in [2.24, 2.45) is 17.8 Å². The average molecular weight is 351 g/mol. The van der Waals surface area contributed by atoms with Crippen LogP contribution in [0.15, 0.2) is 28.7 Å². The number of piperidine rings is 3. The first-order valence-electron chi connectivity index (χ1n) is 7.64. The van der Waals surface area contributed by atoms with Crippen LogP contribution in [0.3, 0.4) is 0 Å². The minimum Gasteiger partial charge on any atom is -0.430 e. The van der Waals surface area contributed by atoms with Crippen LogP contribution < -0.4 is 5.32 Å². The van der Waals surface area contributed by atoms with Gasteiger partial charge in [0.05, 0.1) is 0 Å². The molecule has 3 saturated heterocycles. The molecule has 1 aliphatic carbocycles. The molecule has 1 aromatic carbocycles. The quantitative estimate of drug-likeness (QED) is 0.884. The van der Waals surface area contributed by atoms with E-state index in [2.05, 4.69) is 26.1 Å². The van der Waals surface area contributed by atoms with Crippen molar-refractivity contribution in [1.82, 2.24) is 4.90 Å². The molecule has 1 amide bonds. The van der Waals surface area contributed by atoms with Crippen LogP contribution in [0.4, 0.5) is 10.5 Å². The maximum absolute atomic E-state index is 12.1. The summed E-state index contributed by atoms with van der Waals surface area (Å²) in [4.78, 5) is 14.5. The molecule has 5 heteroatoms. The van der Waals surface area contributed by atoms with Crippen molar-refractivity contribution in [3.8, 4) is 0 Å². The highest BCUT2D eigenvalue weighted by Crippen LogP contribution is 2.46. The Morgan fingerprint density at radius 2 is 1.81 bits per heavy atom. The zero-order valence-electron chi connectivity index (χ0n) is 11.8. The summed E-state index contributed by atoms with van der Waals surface area (Å²) < 4.78 is 6.72. The molecule has 4 aliphatic rings. The van der Waals surface area contributed by atoms with Crippen molar-refractivity contribution in [3.05, 3.63) is 28.7 Å². The molecule has 1 aromatic rings. The van der Waals surface area contributed by atoms with Crippen molar-refractivity contribution in [3.63, 3.8) is 0 Å². The van der Waals surface area contributed by atoms with Crippen LogP contribution in [0, 0.1) is 17.8 Å². The van der Waals surface area contributed by atoms with Gasteiger partial charge in [-0.15, -0.1) is 0 Å². The number of hydrogen-bond acceptors (Lipinski definition) is 3. The molecule has 0 radical (unpaired) electrons. The monoisotopic (exact) mass is 350 g/mol. The van der Waals surface area contributed by atoms with E-state index >= 15 is 0 Å². The molecule has 3 heterocycles. The zero-order chi connectivity index (χ0) is 14.4. The van der Waals surface area contributed by atoms with Crippen LogP contribution >= 0.6 is 15.9 Å². The minimum atomic E-state index is -0.338. The van der Waals surface area contributed by atoms with E-state index in [0.717, 1.165) is 35.1 Å². The Kier molecular flexibility index (Phi) is 3.42. The maximum atomic E-state index is 12.1. The number of anilines is 1. The Bertz CT molecular complexity index is 518. The van der Waals surface area contributed by atoms with Crippen molar-refractivity contribution in [2.45, 2.75) is 25.5 Å². The second-order valence-corrected chi connectivity index (χ2v) is 7.50. The molecular weight excluding hydrogens is 332 g/mol. The highest BCUT2D eigenvalue weighted by molar-refractivity contribution is 9.10. The molecule has 3 atom stereocenters. The second-order valence-electron chi connectivity index (χ2n) is 6.58. The van der Waals surface area contributed by atoms with Crippen LogP contribution in [0.25, 0.3) is 0 Å². The van der Waals surface area contributed by atoms with Gasteiger partial charge in [0.1, 0.15) is 0 Å². The van der Waals surface area contributed by atoms with Gasteiger partial charge in [-0.3, -0.25) is 10.2 Å². The van der Waals surface area contributed by atoms with Crippen molar-refractivity contribution < 1.29 is 9.53 Å². The lowest BCUT2D eigenvalue weighted by Crippen LogP contribution is -2.60. The van der Waals surface area contributed by atoms with Gasteiger partial charge in [0.2, 0.25) is 0 Å². The fraction of sp³-hybridized carbons (Fsp3) is 0.562. The molecule has 112 valence electrons. The summed E-state index contributed by atoms with van der Waals surface area (Å²) in [5.74, 6) is 2.20. The first-order chi connectivity index (χ1) is 10.2. The second kappa shape index (κ2) is 5.29. The summed E-state index contributed by atoms with van der Waals surface area (Å²) in [6.07, 6.45) is 3.47. The van der Waals surface area contributed by atoms with Gasteiger partial charge in [0.25, 0.3) is 0 Å². The predicted octanol–water partition coefficient (Wildman–Crippen LogP) is 3.69. The number of ether oxygens (including phenoxy) is 1. The van der Waals surface area contributed by atoms with Gasteiger partial charge < -0.3 is 4.74 Å². The Morgan fingerprint density at radius 1 is 1.14 bits per heavy atom. The summed E-state index contributed by atoms with van der Waals surface area (Å²) in [6.45, 7) is 2.20. The summed E-state index contributed by atoms with van der Waals surface area (Å²) in [5.41, 5.74) is 0.766. The van der Waals surface area contributed by atoms with E-state index in [0.29, 0.717) is 5.92 Å². The molecule has 4 nitrogen and oxygen atoms in total. The molecule has 0 unspecified atom stereocenters. The van der Waals surface area contributed by atoms with Gasteiger partial charge in [-0.25, -0.2) is 4.79 Å². The summed E-state index contributed by atoms with van der Waals surface area (Å²) >= 11 is 3.38. The number of halogens is 1. The predicted molar refractivity (Wildman–Crippen MR) is 83.9 cm³/mol. The lowest BCUT2D eigenvalue weighted by molar-refractivity contribution is -0.154. The molecule has 0 spiro atoms. The van der Waals surface area contributed by atoms with Crippen LogP contribution in [0.5, 0.6) is 0 Å². The Morgan fingerprint density at radius 3 is 2.43 bits per heavy atom. The topological polar surface area (TPSA) is 41.6 Å². The van der Waals surface area contributed by atoms with Gasteiger partial charge in [-0.05, 0) is 55.4 Å². The van der Waals surface area contributed by atoms with E-state index in [1.807, 2.05) is 24.3 Å². The standard InChI is InChI=1S/C16H19BrN2O2/c17-13-1-3-14(4-2-13)18-16(20)21-15-12-6-10-5-11(7-12)9-19(15)8-10/h1-4,10-12,15H,5-9H2,(H,18,20)/t10-,11-,15-/m0/s1. The zero-order valence-corrected chi connectivity index (χ0v) is 13.4. The number of nitrogens with one attached hydrogen (secondary N) is 1. The third-order valence-electron chi connectivity index (χ3n) is 5.01. The molecule has 21 heavy (non-hydrogen) atoms. The Hall–Kier alpha value is -1.07. The lowest BCUT2D eigenvalue weighted by atomic mass is 9.67. The molecule has 0 aromatic heterocycles. The van der Waals surface area contributed by atoms with Crippen LogP contribution in [-0.4, -0.2) is 30.3 Å². The number of carbonyl (C=O) groups excluding carboxylic acids is 1. The molecule has 1 N–H and O–H groups in total. The normalized spacial score (nSPS) is 36.5. The highest BCUT2D eigenvalue weighted by Gasteiger charge is 2.48. The first-order valence-corrected chi connectivity index (χ1v) is 8.44. The fourth-order valence-corrected chi connectivity index (χ4v) is 4.62. The molecule has 4 fully saturated rings. The van der Waals surface area contributed by atoms with Crippen LogP contribution in [-0.2, 0) is 4.74 Å². The van der Waals surface area contributed by atoms with Gasteiger partial charge in [-0.1, -0.05) is 15.9 Å². The van der Waals surface area contributed by atoms with E-state index in [-0.39, 0.29) is 12.3 Å².